The van der Waals surface area contributed by atoms with E-state index in [0.29, 0.717) is 17.7 Å². The van der Waals surface area contributed by atoms with E-state index in [2.05, 4.69) is 10.1 Å². The fourth-order valence-corrected chi connectivity index (χ4v) is 3.83. The Morgan fingerprint density at radius 3 is 2.16 bits per heavy atom. The first-order valence-electron chi connectivity index (χ1n) is 11.6. The SMILES string of the molecule is COC(=O)CN(C)Cc1ccc(NC(=O)c2ccccc2-c2ccc(C(F)(F)F)cc2)c(C(=O)N(C)C)c1. The largest absolute Gasteiger partial charge is 0.468 e. The van der Waals surface area contributed by atoms with E-state index in [1.165, 1.54) is 24.1 Å². The average molecular weight is 528 g/mol. The summed E-state index contributed by atoms with van der Waals surface area (Å²) in [6.45, 7) is 0.417. The van der Waals surface area contributed by atoms with Gasteiger partial charge in [-0.3, -0.25) is 19.3 Å². The third-order valence-corrected chi connectivity index (χ3v) is 5.74. The number of ether oxygens (including phenoxy) is 1. The first-order valence-corrected chi connectivity index (χ1v) is 11.6. The lowest BCUT2D eigenvalue weighted by Gasteiger charge is -2.19. The molecular weight excluding hydrogens is 499 g/mol. The summed E-state index contributed by atoms with van der Waals surface area (Å²) in [5.41, 5.74) is 1.60. The summed E-state index contributed by atoms with van der Waals surface area (Å²) < 4.78 is 43.6. The van der Waals surface area contributed by atoms with Gasteiger partial charge in [0.25, 0.3) is 11.8 Å². The third kappa shape index (κ3) is 6.98. The molecule has 0 aliphatic rings. The maximum Gasteiger partial charge on any atom is 0.416 e. The number of amides is 2. The van der Waals surface area contributed by atoms with Gasteiger partial charge in [-0.2, -0.15) is 13.2 Å². The molecule has 3 aromatic rings. The molecule has 7 nitrogen and oxygen atoms in total. The molecular formula is C28H28F3N3O4. The van der Waals surface area contributed by atoms with Crippen LogP contribution in [0.1, 0.15) is 31.8 Å². The molecule has 1 N–H and O–H groups in total. The number of esters is 1. The number of methoxy groups -OCH3 is 1. The number of alkyl halides is 3. The molecule has 10 heteroatoms. The van der Waals surface area contributed by atoms with Crippen LogP contribution in [0.15, 0.2) is 66.7 Å². The van der Waals surface area contributed by atoms with Crippen molar-refractivity contribution in [1.29, 1.82) is 0 Å². The molecule has 0 atom stereocenters. The van der Waals surface area contributed by atoms with Crippen molar-refractivity contribution >= 4 is 23.5 Å². The van der Waals surface area contributed by atoms with Crippen molar-refractivity contribution in [3.05, 3.63) is 89.0 Å². The van der Waals surface area contributed by atoms with Crippen LogP contribution in [0, 0.1) is 0 Å². The Hall–Kier alpha value is -4.18. The van der Waals surface area contributed by atoms with Crippen molar-refractivity contribution in [2.75, 3.05) is 40.1 Å². The van der Waals surface area contributed by atoms with Gasteiger partial charge in [0, 0.05) is 26.2 Å². The Morgan fingerprint density at radius 2 is 1.55 bits per heavy atom. The van der Waals surface area contributed by atoms with Gasteiger partial charge in [0.2, 0.25) is 0 Å². The van der Waals surface area contributed by atoms with Crippen LogP contribution in [0.5, 0.6) is 0 Å². The number of benzene rings is 3. The molecule has 3 rings (SSSR count). The van der Waals surface area contributed by atoms with Gasteiger partial charge >= 0.3 is 12.1 Å². The molecule has 0 radical (unpaired) electrons. The summed E-state index contributed by atoms with van der Waals surface area (Å²) in [4.78, 5) is 40.9. The topological polar surface area (TPSA) is 79.0 Å². The maximum atomic E-state index is 13.3. The van der Waals surface area contributed by atoms with Gasteiger partial charge in [0.15, 0.2) is 0 Å². The molecule has 3 aromatic carbocycles. The second-order valence-corrected chi connectivity index (χ2v) is 8.90. The first-order chi connectivity index (χ1) is 17.9. The van der Waals surface area contributed by atoms with Crippen molar-refractivity contribution in [3.8, 4) is 11.1 Å². The molecule has 0 heterocycles. The summed E-state index contributed by atoms with van der Waals surface area (Å²) in [6.07, 6.45) is -4.47. The molecule has 38 heavy (non-hydrogen) atoms. The van der Waals surface area contributed by atoms with Crippen LogP contribution in [0.25, 0.3) is 11.1 Å². The summed E-state index contributed by atoms with van der Waals surface area (Å²) in [5.74, 6) is -1.26. The first kappa shape index (κ1) is 28.4. The van der Waals surface area contributed by atoms with Gasteiger partial charge in [0.05, 0.1) is 30.5 Å². The second-order valence-electron chi connectivity index (χ2n) is 8.90. The number of carbonyl (C=O) groups excluding carboxylic acids is 3. The number of likely N-dealkylation sites (N-methyl/N-ethyl adjacent to an activating group) is 1. The van der Waals surface area contributed by atoms with Crippen LogP contribution in [0.2, 0.25) is 0 Å². The Morgan fingerprint density at radius 1 is 0.895 bits per heavy atom. The highest BCUT2D eigenvalue weighted by Crippen LogP contribution is 2.32. The van der Waals surface area contributed by atoms with Gasteiger partial charge in [0.1, 0.15) is 0 Å². The highest BCUT2D eigenvalue weighted by Gasteiger charge is 2.30. The normalized spacial score (nSPS) is 11.3. The van der Waals surface area contributed by atoms with Crippen LogP contribution in [-0.2, 0) is 22.3 Å². The minimum atomic E-state index is -4.47. The predicted molar refractivity (Wildman–Crippen MR) is 138 cm³/mol. The Balaban J connectivity index is 1.91. The Bertz CT molecular complexity index is 1320. The van der Waals surface area contributed by atoms with Crippen molar-refractivity contribution in [3.63, 3.8) is 0 Å². The molecule has 0 unspecified atom stereocenters. The molecule has 200 valence electrons. The Kier molecular flexibility index (Phi) is 8.90. The second kappa shape index (κ2) is 11.9. The molecule has 0 fully saturated rings. The number of hydrogen-bond donors (Lipinski definition) is 1. The van der Waals surface area contributed by atoms with Crippen molar-refractivity contribution in [1.82, 2.24) is 9.80 Å². The lowest BCUT2D eigenvalue weighted by atomic mass is 9.97. The van der Waals surface area contributed by atoms with E-state index < -0.39 is 23.6 Å². The maximum absolute atomic E-state index is 13.3. The zero-order valence-corrected chi connectivity index (χ0v) is 21.4. The standard InChI is InChI=1S/C28H28F3N3O4/c1-33(2)27(37)23-15-18(16-34(3)17-25(35)38-4)9-14-24(23)32-26(36)22-8-6-5-7-21(22)19-10-12-20(13-11-19)28(29,30)31/h5-15H,16-17H2,1-4H3,(H,32,36). The number of anilines is 1. The van der Waals surface area contributed by atoms with Crippen LogP contribution < -0.4 is 5.32 Å². The highest BCUT2D eigenvalue weighted by atomic mass is 19.4. The fourth-order valence-electron chi connectivity index (χ4n) is 3.83. The number of carbonyl (C=O) groups is 3. The predicted octanol–water partition coefficient (Wildman–Crippen LogP) is 4.93. The van der Waals surface area contributed by atoms with Crippen LogP contribution in [0.4, 0.5) is 18.9 Å². The molecule has 0 aliphatic carbocycles. The average Bonchev–Trinajstić information content (AvgIpc) is 2.88. The van der Waals surface area contributed by atoms with E-state index in [1.54, 1.807) is 68.5 Å². The monoisotopic (exact) mass is 527 g/mol. The minimum absolute atomic E-state index is 0.0622. The van der Waals surface area contributed by atoms with Crippen LogP contribution in [0.3, 0.4) is 0 Å². The summed E-state index contributed by atoms with van der Waals surface area (Å²) in [7, 11) is 6.21. The summed E-state index contributed by atoms with van der Waals surface area (Å²) in [5, 5.41) is 2.78. The molecule has 0 spiro atoms. The van der Waals surface area contributed by atoms with Crippen molar-refractivity contribution < 1.29 is 32.3 Å². The molecule has 0 saturated carbocycles. The zero-order chi connectivity index (χ0) is 28.0. The molecule has 0 aliphatic heterocycles. The van der Waals surface area contributed by atoms with Gasteiger partial charge in [-0.25, -0.2) is 0 Å². The van der Waals surface area contributed by atoms with Gasteiger partial charge in [-0.15, -0.1) is 0 Å². The molecule has 0 saturated heterocycles. The lowest BCUT2D eigenvalue weighted by molar-refractivity contribution is -0.141. The molecule has 0 aromatic heterocycles. The summed E-state index contributed by atoms with van der Waals surface area (Å²) in [6, 6.07) is 16.1. The van der Waals surface area contributed by atoms with E-state index in [1.807, 2.05) is 0 Å². The van der Waals surface area contributed by atoms with Gasteiger partial charge < -0.3 is 15.0 Å². The smallest absolute Gasteiger partial charge is 0.416 e. The number of rotatable bonds is 8. The summed E-state index contributed by atoms with van der Waals surface area (Å²) >= 11 is 0. The van der Waals surface area contributed by atoms with E-state index >= 15 is 0 Å². The zero-order valence-electron chi connectivity index (χ0n) is 21.4. The van der Waals surface area contributed by atoms with Crippen LogP contribution >= 0.6 is 0 Å². The van der Waals surface area contributed by atoms with Gasteiger partial charge in [-0.1, -0.05) is 36.4 Å². The highest BCUT2D eigenvalue weighted by molar-refractivity contribution is 6.11. The van der Waals surface area contributed by atoms with Crippen molar-refractivity contribution in [2.45, 2.75) is 12.7 Å². The van der Waals surface area contributed by atoms with E-state index in [0.717, 1.165) is 17.7 Å². The minimum Gasteiger partial charge on any atom is -0.468 e. The van der Waals surface area contributed by atoms with Crippen molar-refractivity contribution in [2.24, 2.45) is 0 Å². The fraction of sp³-hybridized carbons (Fsp3) is 0.250. The van der Waals surface area contributed by atoms with E-state index in [4.69, 9.17) is 0 Å². The quantitative estimate of drug-likeness (QED) is 0.421. The van der Waals surface area contributed by atoms with E-state index in [9.17, 15) is 27.6 Å². The Labute approximate surface area is 218 Å². The number of halogens is 3. The van der Waals surface area contributed by atoms with E-state index in [-0.39, 0.29) is 29.3 Å². The third-order valence-electron chi connectivity index (χ3n) is 5.74. The van der Waals surface area contributed by atoms with Crippen LogP contribution in [-0.4, -0.2) is 62.4 Å². The molecule has 2 amide bonds. The number of nitrogens with zero attached hydrogens (tertiary/aromatic N) is 2. The van der Waals surface area contributed by atoms with Gasteiger partial charge in [-0.05, 0) is 54.1 Å². The molecule has 0 bridgehead atoms. The number of nitrogens with one attached hydrogen (secondary N) is 1. The lowest BCUT2D eigenvalue weighted by Crippen LogP contribution is -2.27. The number of hydrogen-bond acceptors (Lipinski definition) is 5.